The Balaban J connectivity index is 1.39. The maximum atomic E-state index is 12.9. The van der Waals surface area contributed by atoms with Gasteiger partial charge in [0.15, 0.2) is 0 Å². The van der Waals surface area contributed by atoms with Crippen LogP contribution in [0, 0.1) is 5.92 Å². The van der Waals surface area contributed by atoms with Gasteiger partial charge in [0.2, 0.25) is 11.8 Å². The van der Waals surface area contributed by atoms with E-state index >= 15 is 0 Å². The fourth-order valence-electron chi connectivity index (χ4n) is 4.69. The van der Waals surface area contributed by atoms with Crippen LogP contribution in [-0.4, -0.2) is 40.9 Å². The summed E-state index contributed by atoms with van der Waals surface area (Å²) in [5, 5.41) is 7.35. The number of nitrogens with one attached hydrogen (secondary N) is 2. The van der Waals surface area contributed by atoms with E-state index in [9.17, 15) is 9.59 Å². The number of para-hydroxylation sites is 1. The minimum Gasteiger partial charge on any atom is -0.356 e. The summed E-state index contributed by atoms with van der Waals surface area (Å²) in [5.41, 5.74) is 3.59. The molecular formula is C27H34N4O2. The van der Waals surface area contributed by atoms with Crippen molar-refractivity contribution in [2.24, 2.45) is 13.0 Å². The highest BCUT2D eigenvalue weighted by Crippen LogP contribution is 2.22. The average molecular weight is 447 g/mol. The Hall–Kier alpha value is -3.12. The topological polar surface area (TPSA) is 66.4 Å². The predicted octanol–water partition coefficient (Wildman–Crippen LogP) is 3.60. The molecule has 6 heteroatoms. The maximum absolute atomic E-state index is 12.9. The van der Waals surface area contributed by atoms with Crippen LogP contribution in [0.25, 0.3) is 10.9 Å². The lowest BCUT2D eigenvalue weighted by molar-refractivity contribution is -0.126. The quantitative estimate of drug-likeness (QED) is 0.629. The van der Waals surface area contributed by atoms with Gasteiger partial charge in [-0.15, -0.1) is 0 Å². The highest BCUT2D eigenvalue weighted by molar-refractivity contribution is 5.84. The zero-order chi connectivity index (χ0) is 23.0. The van der Waals surface area contributed by atoms with Gasteiger partial charge < -0.3 is 15.2 Å². The van der Waals surface area contributed by atoms with E-state index in [0.29, 0.717) is 25.9 Å². The van der Waals surface area contributed by atoms with E-state index in [1.165, 1.54) is 16.5 Å². The fourth-order valence-corrected chi connectivity index (χ4v) is 4.69. The Morgan fingerprint density at radius 1 is 1.06 bits per heavy atom. The van der Waals surface area contributed by atoms with Gasteiger partial charge in [-0.25, -0.2) is 0 Å². The third-order valence-electron chi connectivity index (χ3n) is 6.55. The first-order valence-corrected chi connectivity index (χ1v) is 11.9. The summed E-state index contributed by atoms with van der Waals surface area (Å²) in [7, 11) is 2.07. The molecular weight excluding hydrogens is 412 g/mol. The molecule has 0 aliphatic carbocycles. The molecule has 2 aromatic carbocycles. The number of hydrogen-bond donors (Lipinski definition) is 2. The molecule has 174 valence electrons. The summed E-state index contributed by atoms with van der Waals surface area (Å²) in [6.45, 7) is 3.49. The zero-order valence-electron chi connectivity index (χ0n) is 19.4. The minimum absolute atomic E-state index is 0.0586. The Morgan fingerprint density at radius 3 is 2.70 bits per heavy atom. The largest absolute Gasteiger partial charge is 0.356 e. The summed E-state index contributed by atoms with van der Waals surface area (Å²) in [6, 6.07) is 18.4. The van der Waals surface area contributed by atoms with Crippen LogP contribution >= 0.6 is 0 Å². The second kappa shape index (κ2) is 11.1. The molecule has 1 fully saturated rings. The number of carbonyl (C=O) groups is 2. The SMILES string of the molecule is Cn1cc(CN2CCCC(C(=O)NCc3ccccc3)CCNC(=O)CC2)c2ccccc21. The van der Waals surface area contributed by atoms with Crippen molar-refractivity contribution in [3.05, 3.63) is 71.9 Å². The van der Waals surface area contributed by atoms with Crippen molar-refractivity contribution in [3.8, 4) is 0 Å². The van der Waals surface area contributed by atoms with Gasteiger partial charge >= 0.3 is 0 Å². The zero-order valence-corrected chi connectivity index (χ0v) is 19.4. The number of amides is 2. The van der Waals surface area contributed by atoms with Crippen molar-refractivity contribution in [1.82, 2.24) is 20.1 Å². The fraction of sp³-hybridized carbons (Fsp3) is 0.407. The summed E-state index contributed by atoms with van der Waals surface area (Å²) >= 11 is 0. The van der Waals surface area contributed by atoms with Crippen molar-refractivity contribution in [3.63, 3.8) is 0 Å². The Kier molecular flexibility index (Phi) is 7.79. The van der Waals surface area contributed by atoms with Gasteiger partial charge in [0, 0.05) is 62.7 Å². The van der Waals surface area contributed by atoms with Crippen LogP contribution in [-0.2, 0) is 29.7 Å². The second-order valence-electron chi connectivity index (χ2n) is 8.99. The van der Waals surface area contributed by atoms with Crippen LogP contribution < -0.4 is 10.6 Å². The molecule has 2 heterocycles. The van der Waals surface area contributed by atoms with Crippen molar-refractivity contribution in [2.45, 2.75) is 38.8 Å². The lowest BCUT2D eigenvalue weighted by atomic mass is 9.98. The Labute approximate surface area is 196 Å². The molecule has 33 heavy (non-hydrogen) atoms. The van der Waals surface area contributed by atoms with Gasteiger partial charge in [-0.05, 0) is 43.0 Å². The molecule has 2 amide bonds. The molecule has 0 radical (unpaired) electrons. The number of aromatic nitrogens is 1. The number of aryl methyl sites for hydroxylation is 1. The molecule has 1 aromatic heterocycles. The van der Waals surface area contributed by atoms with E-state index in [4.69, 9.17) is 0 Å². The van der Waals surface area contributed by atoms with E-state index in [0.717, 1.165) is 38.0 Å². The first kappa shape index (κ1) is 23.1. The van der Waals surface area contributed by atoms with Gasteiger partial charge in [0.1, 0.15) is 0 Å². The Bertz CT molecular complexity index is 1080. The standard InChI is InChI=1S/C27H34N4O2/c1-30-19-23(24-11-5-6-12-25(24)30)20-31-16-7-10-22(13-15-28-26(32)14-17-31)27(33)29-18-21-8-3-2-4-9-21/h2-6,8-9,11-12,19,22H,7,10,13-18,20H2,1H3,(H,28,32)(H,29,33). The molecule has 3 aromatic rings. The van der Waals surface area contributed by atoms with Crippen LogP contribution in [0.3, 0.4) is 0 Å². The highest BCUT2D eigenvalue weighted by Gasteiger charge is 2.21. The van der Waals surface area contributed by atoms with Gasteiger partial charge in [-0.1, -0.05) is 48.5 Å². The molecule has 1 aliphatic heterocycles. The van der Waals surface area contributed by atoms with Gasteiger partial charge in [0.05, 0.1) is 0 Å². The molecule has 2 N–H and O–H groups in total. The monoisotopic (exact) mass is 446 g/mol. The van der Waals surface area contributed by atoms with Crippen molar-refractivity contribution >= 4 is 22.7 Å². The number of rotatable bonds is 5. The van der Waals surface area contributed by atoms with Crippen LogP contribution in [0.1, 0.15) is 36.8 Å². The molecule has 0 bridgehead atoms. The lowest BCUT2D eigenvalue weighted by Crippen LogP contribution is -2.33. The minimum atomic E-state index is -0.0912. The number of nitrogens with zero attached hydrogens (tertiary/aromatic N) is 2. The third kappa shape index (κ3) is 6.23. The number of benzene rings is 2. The smallest absolute Gasteiger partial charge is 0.223 e. The summed E-state index contributed by atoms with van der Waals surface area (Å²) in [5.74, 6) is 0.0442. The van der Waals surface area contributed by atoms with Crippen LogP contribution in [0.5, 0.6) is 0 Å². The third-order valence-corrected chi connectivity index (χ3v) is 6.55. The highest BCUT2D eigenvalue weighted by atomic mass is 16.2. The van der Waals surface area contributed by atoms with E-state index in [2.05, 4.69) is 57.6 Å². The molecule has 1 saturated heterocycles. The molecule has 0 saturated carbocycles. The van der Waals surface area contributed by atoms with E-state index in [1.54, 1.807) is 0 Å². The number of carbonyl (C=O) groups excluding carboxylic acids is 2. The van der Waals surface area contributed by atoms with E-state index < -0.39 is 0 Å². The van der Waals surface area contributed by atoms with Crippen LogP contribution in [0.2, 0.25) is 0 Å². The number of fused-ring (bicyclic) bond motifs is 1. The van der Waals surface area contributed by atoms with Crippen LogP contribution in [0.15, 0.2) is 60.8 Å². The van der Waals surface area contributed by atoms with Crippen molar-refractivity contribution in [1.29, 1.82) is 0 Å². The number of hydrogen-bond acceptors (Lipinski definition) is 3. The molecule has 6 nitrogen and oxygen atoms in total. The summed E-state index contributed by atoms with van der Waals surface area (Å²) < 4.78 is 2.16. The first-order valence-electron chi connectivity index (χ1n) is 11.9. The molecule has 4 rings (SSSR count). The molecule has 0 spiro atoms. The normalized spacial score (nSPS) is 18.5. The summed E-state index contributed by atoms with van der Waals surface area (Å²) in [6.07, 6.45) is 5.10. The summed E-state index contributed by atoms with van der Waals surface area (Å²) in [4.78, 5) is 27.6. The molecule has 1 aliphatic rings. The molecule has 1 unspecified atom stereocenters. The van der Waals surface area contributed by atoms with Crippen molar-refractivity contribution < 1.29 is 9.59 Å². The van der Waals surface area contributed by atoms with E-state index in [-0.39, 0.29) is 17.7 Å². The Morgan fingerprint density at radius 2 is 1.85 bits per heavy atom. The van der Waals surface area contributed by atoms with Crippen molar-refractivity contribution in [2.75, 3.05) is 19.6 Å². The van der Waals surface area contributed by atoms with E-state index in [1.807, 2.05) is 30.3 Å². The predicted molar refractivity (Wildman–Crippen MR) is 131 cm³/mol. The molecule has 1 atom stereocenters. The second-order valence-corrected chi connectivity index (χ2v) is 8.99. The van der Waals surface area contributed by atoms with Crippen LogP contribution in [0.4, 0.5) is 0 Å². The van der Waals surface area contributed by atoms with Gasteiger partial charge in [0.25, 0.3) is 0 Å². The maximum Gasteiger partial charge on any atom is 0.223 e. The van der Waals surface area contributed by atoms with Gasteiger partial charge in [-0.3, -0.25) is 14.5 Å². The first-order chi connectivity index (χ1) is 16.1. The van der Waals surface area contributed by atoms with Gasteiger partial charge in [-0.2, -0.15) is 0 Å². The average Bonchev–Trinajstić information content (AvgIpc) is 3.13. The lowest BCUT2D eigenvalue weighted by Gasteiger charge is -2.22.